The van der Waals surface area contributed by atoms with Crippen molar-refractivity contribution in [2.24, 2.45) is 7.05 Å². The lowest BCUT2D eigenvalue weighted by atomic mass is 10.1. The number of benzene rings is 2. The van der Waals surface area contributed by atoms with E-state index < -0.39 is 17.8 Å². The number of nitrogens with zero attached hydrogens (tertiary/aromatic N) is 3. The number of halogens is 1. The van der Waals surface area contributed by atoms with E-state index in [1.807, 2.05) is 32.0 Å². The molecule has 0 fully saturated rings. The Morgan fingerprint density at radius 2 is 1.91 bits per heavy atom. The molecule has 0 bridgehead atoms. The van der Waals surface area contributed by atoms with Gasteiger partial charge in [-0.1, -0.05) is 49.0 Å². The summed E-state index contributed by atoms with van der Waals surface area (Å²) in [5.41, 5.74) is 2.92. The molecule has 168 valence electrons. The summed E-state index contributed by atoms with van der Waals surface area (Å²) in [4.78, 5) is 24.9. The normalized spacial score (nSPS) is 11.8. The van der Waals surface area contributed by atoms with Crippen molar-refractivity contribution in [1.82, 2.24) is 20.1 Å². The van der Waals surface area contributed by atoms with E-state index >= 15 is 0 Å². The molecular weight excluding hydrogens is 429 g/mol. The third-order valence-electron chi connectivity index (χ3n) is 5.06. The van der Waals surface area contributed by atoms with Gasteiger partial charge in [0.1, 0.15) is 5.82 Å². The zero-order valence-electron chi connectivity index (χ0n) is 18.5. The van der Waals surface area contributed by atoms with E-state index in [0.717, 1.165) is 23.2 Å². The van der Waals surface area contributed by atoms with Crippen molar-refractivity contribution in [2.45, 2.75) is 38.4 Å². The number of hydrogen-bond acceptors (Lipinski definition) is 5. The van der Waals surface area contributed by atoms with Crippen LogP contribution in [0.4, 0.5) is 10.1 Å². The molecule has 3 aromatic rings. The fourth-order valence-corrected chi connectivity index (χ4v) is 4.04. The summed E-state index contributed by atoms with van der Waals surface area (Å²) >= 11 is 1.25. The first kappa shape index (κ1) is 23.5. The average Bonchev–Trinajstić information content (AvgIpc) is 3.14. The van der Waals surface area contributed by atoms with Crippen LogP contribution in [-0.2, 0) is 18.3 Å². The molecule has 1 aromatic heterocycles. The van der Waals surface area contributed by atoms with Gasteiger partial charge in [-0.2, -0.15) is 0 Å². The standard InChI is InChI=1S/C23H26FN5O2S/c1-5-16-10-8-9-14(2)20(16)26-19(30)13-32-23-28-27-21(29(23)4)15(3)25-22(31)17-11-6-7-12-18(17)24/h6-12,15H,5,13H2,1-4H3,(H,25,31)(H,26,30). The SMILES string of the molecule is CCc1cccc(C)c1NC(=O)CSc1nnc(C(C)NC(=O)c2ccccc2F)n1C. The Morgan fingerprint density at radius 1 is 1.16 bits per heavy atom. The number of anilines is 1. The molecule has 9 heteroatoms. The van der Waals surface area contributed by atoms with Gasteiger partial charge in [0.15, 0.2) is 11.0 Å². The quantitative estimate of drug-likeness (QED) is 0.501. The Morgan fingerprint density at radius 3 is 2.62 bits per heavy atom. The summed E-state index contributed by atoms with van der Waals surface area (Å²) in [7, 11) is 1.76. The predicted molar refractivity (Wildman–Crippen MR) is 123 cm³/mol. The molecule has 32 heavy (non-hydrogen) atoms. The molecule has 1 atom stereocenters. The van der Waals surface area contributed by atoms with Gasteiger partial charge in [0.25, 0.3) is 5.91 Å². The number of para-hydroxylation sites is 1. The van der Waals surface area contributed by atoms with Gasteiger partial charge in [0.2, 0.25) is 5.91 Å². The number of carbonyl (C=O) groups excluding carboxylic acids is 2. The molecule has 2 N–H and O–H groups in total. The summed E-state index contributed by atoms with van der Waals surface area (Å²) in [5, 5.41) is 14.5. The predicted octanol–water partition coefficient (Wildman–Crippen LogP) is 4.05. The second-order valence-corrected chi connectivity index (χ2v) is 8.32. The third kappa shape index (κ3) is 5.34. The first-order valence-electron chi connectivity index (χ1n) is 10.3. The Balaban J connectivity index is 1.62. The van der Waals surface area contributed by atoms with Crippen LogP contribution in [0.25, 0.3) is 0 Å². The fourth-order valence-electron chi connectivity index (χ4n) is 3.32. The second kappa shape index (κ2) is 10.4. The van der Waals surface area contributed by atoms with Gasteiger partial charge in [-0.05, 0) is 43.5 Å². The van der Waals surface area contributed by atoms with E-state index in [1.54, 1.807) is 24.6 Å². The first-order chi connectivity index (χ1) is 15.3. The van der Waals surface area contributed by atoms with Gasteiger partial charge in [-0.25, -0.2) is 4.39 Å². The maximum atomic E-state index is 13.8. The maximum Gasteiger partial charge on any atom is 0.254 e. The molecule has 3 rings (SSSR count). The minimum Gasteiger partial charge on any atom is -0.342 e. The largest absolute Gasteiger partial charge is 0.342 e. The van der Waals surface area contributed by atoms with Gasteiger partial charge in [0, 0.05) is 12.7 Å². The Hall–Kier alpha value is -3.20. The minimum atomic E-state index is -0.586. The second-order valence-electron chi connectivity index (χ2n) is 7.37. The summed E-state index contributed by atoms with van der Waals surface area (Å²) in [6.45, 7) is 5.76. The molecule has 0 radical (unpaired) electrons. The van der Waals surface area contributed by atoms with Crippen LogP contribution in [0.1, 0.15) is 47.2 Å². The van der Waals surface area contributed by atoms with E-state index in [4.69, 9.17) is 0 Å². The number of aromatic nitrogens is 3. The van der Waals surface area contributed by atoms with Crippen LogP contribution in [0.2, 0.25) is 0 Å². The highest BCUT2D eigenvalue weighted by Crippen LogP contribution is 2.23. The molecule has 1 unspecified atom stereocenters. The van der Waals surface area contributed by atoms with E-state index in [2.05, 4.69) is 20.8 Å². The smallest absolute Gasteiger partial charge is 0.254 e. The zero-order valence-corrected chi connectivity index (χ0v) is 19.3. The van der Waals surface area contributed by atoms with Gasteiger partial charge in [0.05, 0.1) is 17.4 Å². The van der Waals surface area contributed by atoms with E-state index in [0.29, 0.717) is 11.0 Å². The molecule has 0 aliphatic carbocycles. The minimum absolute atomic E-state index is 0.0320. The molecule has 0 aliphatic rings. The van der Waals surface area contributed by atoms with Crippen molar-refractivity contribution in [1.29, 1.82) is 0 Å². The number of amides is 2. The molecular formula is C23H26FN5O2S. The van der Waals surface area contributed by atoms with Crippen LogP contribution >= 0.6 is 11.8 Å². The van der Waals surface area contributed by atoms with E-state index in [-0.39, 0.29) is 17.2 Å². The van der Waals surface area contributed by atoms with Gasteiger partial charge in [-0.3, -0.25) is 9.59 Å². The maximum absolute atomic E-state index is 13.8. The topological polar surface area (TPSA) is 88.9 Å². The molecule has 0 saturated carbocycles. The van der Waals surface area contributed by atoms with Crippen molar-refractivity contribution in [2.75, 3.05) is 11.1 Å². The zero-order chi connectivity index (χ0) is 23.3. The molecule has 0 aliphatic heterocycles. The lowest BCUT2D eigenvalue weighted by Gasteiger charge is -2.14. The molecule has 2 aromatic carbocycles. The lowest BCUT2D eigenvalue weighted by molar-refractivity contribution is -0.113. The van der Waals surface area contributed by atoms with E-state index in [9.17, 15) is 14.0 Å². The first-order valence-corrected chi connectivity index (χ1v) is 11.3. The van der Waals surface area contributed by atoms with Crippen LogP contribution in [0.5, 0.6) is 0 Å². The molecule has 0 spiro atoms. The van der Waals surface area contributed by atoms with Crippen LogP contribution in [0.15, 0.2) is 47.6 Å². The third-order valence-corrected chi connectivity index (χ3v) is 6.08. The number of rotatable bonds is 8. The lowest BCUT2D eigenvalue weighted by Crippen LogP contribution is -2.29. The van der Waals surface area contributed by atoms with Crippen molar-refractivity contribution in [3.05, 3.63) is 70.8 Å². The molecule has 7 nitrogen and oxygen atoms in total. The van der Waals surface area contributed by atoms with Crippen molar-refractivity contribution in [3.63, 3.8) is 0 Å². The Labute approximate surface area is 190 Å². The summed E-state index contributed by atoms with van der Waals surface area (Å²) in [5.74, 6) is -0.581. The summed E-state index contributed by atoms with van der Waals surface area (Å²) in [6.07, 6.45) is 0.827. The summed E-state index contributed by atoms with van der Waals surface area (Å²) in [6, 6.07) is 11.2. The Bertz CT molecular complexity index is 1130. The average molecular weight is 456 g/mol. The van der Waals surface area contributed by atoms with Crippen molar-refractivity contribution >= 4 is 29.3 Å². The number of aryl methyl sites for hydroxylation is 2. The van der Waals surface area contributed by atoms with Gasteiger partial charge < -0.3 is 15.2 Å². The highest BCUT2D eigenvalue weighted by molar-refractivity contribution is 7.99. The van der Waals surface area contributed by atoms with Crippen molar-refractivity contribution in [3.8, 4) is 0 Å². The number of hydrogen-bond donors (Lipinski definition) is 2. The highest BCUT2D eigenvalue weighted by Gasteiger charge is 2.20. The van der Waals surface area contributed by atoms with Crippen LogP contribution < -0.4 is 10.6 Å². The van der Waals surface area contributed by atoms with Crippen LogP contribution in [0, 0.1) is 12.7 Å². The number of carbonyl (C=O) groups is 2. The monoisotopic (exact) mass is 455 g/mol. The van der Waals surface area contributed by atoms with Gasteiger partial charge >= 0.3 is 0 Å². The molecule has 2 amide bonds. The van der Waals surface area contributed by atoms with Crippen molar-refractivity contribution < 1.29 is 14.0 Å². The molecule has 1 heterocycles. The van der Waals surface area contributed by atoms with Crippen LogP contribution in [0.3, 0.4) is 0 Å². The number of thioether (sulfide) groups is 1. The highest BCUT2D eigenvalue weighted by atomic mass is 32.2. The number of nitrogens with one attached hydrogen (secondary N) is 2. The summed E-state index contributed by atoms with van der Waals surface area (Å²) < 4.78 is 15.6. The molecule has 0 saturated heterocycles. The van der Waals surface area contributed by atoms with Crippen LogP contribution in [-0.4, -0.2) is 32.3 Å². The fraction of sp³-hybridized carbons (Fsp3) is 0.304. The van der Waals surface area contributed by atoms with Gasteiger partial charge in [-0.15, -0.1) is 10.2 Å². The van der Waals surface area contributed by atoms with E-state index in [1.165, 1.54) is 30.0 Å². The Kier molecular flexibility index (Phi) is 7.63.